The molecule has 5 nitrogen and oxygen atoms in total. The van der Waals surface area contributed by atoms with Crippen LogP contribution in [0, 0.1) is 5.92 Å². The first-order valence-electron chi connectivity index (χ1n) is 8.45. The standard InChI is InChI=1S/C18H19N3O2S/c22-17-21(12-18(23-17)11-20-6-3-15(18)4-7-20)16-8-14(10-24-16)13-2-1-5-19-9-13/h1-2,5,8-10,15H,3-4,6-7,11-12H2. The van der Waals surface area contributed by atoms with E-state index in [0.717, 1.165) is 48.6 Å². The fourth-order valence-electron chi connectivity index (χ4n) is 4.33. The lowest BCUT2D eigenvalue weighted by molar-refractivity contribution is -0.0881. The third-order valence-electron chi connectivity index (χ3n) is 5.61. The smallest absolute Gasteiger partial charge is 0.415 e. The first kappa shape index (κ1) is 14.4. The van der Waals surface area contributed by atoms with E-state index in [1.807, 2.05) is 23.2 Å². The van der Waals surface area contributed by atoms with E-state index < -0.39 is 0 Å². The quantitative estimate of drug-likeness (QED) is 0.841. The van der Waals surface area contributed by atoms with Gasteiger partial charge in [-0.15, -0.1) is 11.3 Å². The molecule has 0 aliphatic carbocycles. The Morgan fingerprint density at radius 3 is 2.83 bits per heavy atom. The number of hydrogen-bond donors (Lipinski definition) is 0. The van der Waals surface area contributed by atoms with Crippen LogP contribution in [-0.2, 0) is 4.74 Å². The monoisotopic (exact) mass is 341 g/mol. The van der Waals surface area contributed by atoms with E-state index in [1.54, 1.807) is 17.5 Å². The van der Waals surface area contributed by atoms with Crippen LogP contribution in [0.25, 0.3) is 11.1 Å². The van der Waals surface area contributed by atoms with Crippen LogP contribution in [0.2, 0.25) is 0 Å². The second kappa shape index (κ2) is 5.29. The predicted octanol–water partition coefficient (Wildman–Crippen LogP) is 3.23. The van der Waals surface area contributed by atoms with Crippen molar-refractivity contribution in [3.8, 4) is 11.1 Å². The number of carbonyl (C=O) groups excluding carboxylic acids is 1. The average Bonchev–Trinajstić information content (AvgIpc) is 3.22. The summed E-state index contributed by atoms with van der Waals surface area (Å²) in [6.45, 7) is 3.86. The van der Waals surface area contributed by atoms with Gasteiger partial charge in [0, 0.05) is 35.8 Å². The molecule has 0 radical (unpaired) electrons. The predicted molar refractivity (Wildman–Crippen MR) is 93.3 cm³/mol. The number of ether oxygens (including phenoxy) is 1. The zero-order valence-electron chi connectivity index (χ0n) is 13.4. The normalized spacial score (nSPS) is 31.7. The zero-order valence-corrected chi connectivity index (χ0v) is 14.2. The molecule has 1 spiro atoms. The molecular formula is C18H19N3O2S. The molecule has 2 aromatic rings. The Labute approximate surface area is 144 Å². The Morgan fingerprint density at radius 2 is 2.12 bits per heavy atom. The van der Waals surface area contributed by atoms with Crippen molar-refractivity contribution in [2.45, 2.75) is 18.4 Å². The van der Waals surface area contributed by atoms with Gasteiger partial charge in [0.25, 0.3) is 0 Å². The van der Waals surface area contributed by atoms with Gasteiger partial charge in [0.1, 0.15) is 10.6 Å². The van der Waals surface area contributed by atoms with Gasteiger partial charge in [0.15, 0.2) is 0 Å². The number of amides is 1. The van der Waals surface area contributed by atoms with Crippen LogP contribution in [0.3, 0.4) is 0 Å². The van der Waals surface area contributed by atoms with Crippen LogP contribution < -0.4 is 4.90 Å². The summed E-state index contributed by atoms with van der Waals surface area (Å²) in [4.78, 5) is 21.0. The number of nitrogens with zero attached hydrogens (tertiary/aromatic N) is 3. The summed E-state index contributed by atoms with van der Waals surface area (Å²) in [5, 5.41) is 3.05. The van der Waals surface area contributed by atoms with Gasteiger partial charge >= 0.3 is 6.09 Å². The molecule has 0 saturated carbocycles. The average molecular weight is 341 g/mol. The molecule has 1 atom stereocenters. The zero-order chi connectivity index (χ0) is 16.1. The van der Waals surface area contributed by atoms with E-state index in [4.69, 9.17) is 4.74 Å². The molecule has 2 aromatic heterocycles. The van der Waals surface area contributed by atoms with Gasteiger partial charge < -0.3 is 4.74 Å². The van der Waals surface area contributed by atoms with Crippen molar-refractivity contribution in [3.63, 3.8) is 0 Å². The first-order chi connectivity index (χ1) is 11.7. The Kier molecular flexibility index (Phi) is 3.18. The number of aromatic nitrogens is 1. The Morgan fingerprint density at radius 1 is 1.25 bits per heavy atom. The molecule has 1 unspecified atom stereocenters. The lowest BCUT2D eigenvalue weighted by Gasteiger charge is -2.49. The Balaban J connectivity index is 1.42. The third kappa shape index (κ3) is 2.17. The minimum absolute atomic E-state index is 0.191. The highest BCUT2D eigenvalue weighted by Gasteiger charge is 2.55. The second-order valence-corrected chi connectivity index (χ2v) is 7.87. The summed E-state index contributed by atoms with van der Waals surface area (Å²) in [5.74, 6) is 0.509. The fraction of sp³-hybridized carbons (Fsp3) is 0.444. The van der Waals surface area contributed by atoms with Crippen LogP contribution in [0.15, 0.2) is 36.0 Å². The van der Waals surface area contributed by atoms with E-state index in [-0.39, 0.29) is 11.7 Å². The van der Waals surface area contributed by atoms with Crippen LogP contribution in [0.4, 0.5) is 9.80 Å². The number of hydrogen-bond acceptors (Lipinski definition) is 5. The highest BCUT2D eigenvalue weighted by Crippen LogP contribution is 2.44. The maximum Gasteiger partial charge on any atom is 0.415 e. The molecule has 0 aromatic carbocycles. The van der Waals surface area contributed by atoms with Gasteiger partial charge in [0.05, 0.1) is 6.54 Å². The van der Waals surface area contributed by atoms with Crippen molar-refractivity contribution < 1.29 is 9.53 Å². The molecule has 4 aliphatic rings. The fourth-order valence-corrected chi connectivity index (χ4v) is 5.25. The minimum Gasteiger partial charge on any atom is -0.439 e. The third-order valence-corrected chi connectivity index (χ3v) is 6.56. The van der Waals surface area contributed by atoms with E-state index in [0.29, 0.717) is 12.5 Å². The summed E-state index contributed by atoms with van der Waals surface area (Å²) in [7, 11) is 0. The summed E-state index contributed by atoms with van der Waals surface area (Å²) in [6, 6.07) is 6.04. The van der Waals surface area contributed by atoms with Gasteiger partial charge in [-0.05, 0) is 43.6 Å². The number of thiophene rings is 1. The Hall–Kier alpha value is -1.92. The number of piperidine rings is 3. The van der Waals surface area contributed by atoms with Gasteiger partial charge in [-0.25, -0.2) is 4.79 Å². The van der Waals surface area contributed by atoms with Crippen LogP contribution in [0.1, 0.15) is 12.8 Å². The molecule has 4 aliphatic heterocycles. The van der Waals surface area contributed by atoms with E-state index in [1.165, 1.54) is 0 Å². The molecular weight excluding hydrogens is 322 g/mol. The lowest BCUT2D eigenvalue weighted by atomic mass is 9.75. The van der Waals surface area contributed by atoms with Crippen LogP contribution in [-0.4, -0.2) is 47.8 Å². The molecule has 1 amide bonds. The van der Waals surface area contributed by atoms with Crippen molar-refractivity contribution in [2.24, 2.45) is 5.92 Å². The largest absolute Gasteiger partial charge is 0.439 e. The summed E-state index contributed by atoms with van der Waals surface area (Å²) in [6.07, 6.45) is 5.72. The molecule has 24 heavy (non-hydrogen) atoms. The summed E-state index contributed by atoms with van der Waals surface area (Å²) in [5.41, 5.74) is 1.88. The van der Waals surface area contributed by atoms with E-state index >= 15 is 0 Å². The van der Waals surface area contributed by atoms with Crippen LogP contribution >= 0.6 is 11.3 Å². The first-order valence-corrected chi connectivity index (χ1v) is 9.33. The van der Waals surface area contributed by atoms with E-state index in [2.05, 4.69) is 21.3 Å². The lowest BCUT2D eigenvalue weighted by Crippen LogP contribution is -2.61. The number of fused-ring (bicyclic) bond motifs is 2. The van der Waals surface area contributed by atoms with Crippen molar-refractivity contribution >= 4 is 22.4 Å². The van der Waals surface area contributed by atoms with Crippen molar-refractivity contribution in [1.29, 1.82) is 0 Å². The number of anilines is 1. The summed E-state index contributed by atoms with van der Waals surface area (Å²) < 4.78 is 5.95. The molecule has 6 heteroatoms. The number of carbonyl (C=O) groups is 1. The van der Waals surface area contributed by atoms with E-state index in [9.17, 15) is 4.79 Å². The van der Waals surface area contributed by atoms with Gasteiger partial charge in [-0.1, -0.05) is 6.07 Å². The molecule has 6 rings (SSSR count). The maximum atomic E-state index is 12.5. The summed E-state index contributed by atoms with van der Waals surface area (Å²) >= 11 is 1.60. The highest BCUT2D eigenvalue weighted by atomic mass is 32.1. The number of rotatable bonds is 2. The molecule has 6 heterocycles. The Bertz CT molecular complexity index is 770. The van der Waals surface area contributed by atoms with Gasteiger partial charge in [0.2, 0.25) is 0 Å². The molecule has 4 fully saturated rings. The molecule has 4 saturated heterocycles. The minimum atomic E-state index is -0.300. The number of pyridine rings is 1. The van der Waals surface area contributed by atoms with Gasteiger partial charge in [-0.2, -0.15) is 0 Å². The molecule has 0 N–H and O–H groups in total. The van der Waals surface area contributed by atoms with Gasteiger partial charge in [-0.3, -0.25) is 14.8 Å². The molecule has 124 valence electrons. The van der Waals surface area contributed by atoms with Crippen molar-refractivity contribution in [3.05, 3.63) is 36.0 Å². The van der Waals surface area contributed by atoms with Crippen molar-refractivity contribution in [2.75, 3.05) is 31.1 Å². The van der Waals surface area contributed by atoms with Crippen molar-refractivity contribution in [1.82, 2.24) is 9.88 Å². The SMILES string of the molecule is O=C1OC2(CN3CCC2CC3)CN1c1cc(-c2cccnc2)cs1. The highest BCUT2D eigenvalue weighted by molar-refractivity contribution is 7.14. The second-order valence-electron chi connectivity index (χ2n) is 6.98. The van der Waals surface area contributed by atoms with Crippen LogP contribution in [0.5, 0.6) is 0 Å². The topological polar surface area (TPSA) is 45.7 Å². The molecule has 2 bridgehead atoms. The maximum absolute atomic E-state index is 12.5.